The van der Waals surface area contributed by atoms with Crippen LogP contribution in [0.1, 0.15) is 6.92 Å². The Balaban J connectivity index is 3.58. The van der Waals surface area contributed by atoms with E-state index in [9.17, 15) is 9.59 Å². The van der Waals surface area contributed by atoms with Crippen molar-refractivity contribution in [1.29, 1.82) is 0 Å². The van der Waals surface area contributed by atoms with E-state index in [1.807, 2.05) is 0 Å². The van der Waals surface area contributed by atoms with Gasteiger partial charge in [0.25, 0.3) is 0 Å². The summed E-state index contributed by atoms with van der Waals surface area (Å²) in [6, 6.07) is -0.676. The molecule has 14 heavy (non-hydrogen) atoms. The molecule has 0 aliphatic rings. The van der Waals surface area contributed by atoms with Crippen LogP contribution in [-0.2, 0) is 19.1 Å². The zero-order valence-corrected chi connectivity index (χ0v) is 9.13. The summed E-state index contributed by atoms with van der Waals surface area (Å²) in [5.74, 6) is -0.215. The lowest BCUT2D eigenvalue weighted by atomic mass is 10.4. The number of thioether (sulfide) groups is 1. The molecule has 1 atom stereocenters. The van der Waals surface area contributed by atoms with Gasteiger partial charge in [0, 0.05) is 5.75 Å². The Kier molecular flexibility index (Phi) is 7.23. The molecule has 6 heteroatoms. The van der Waals surface area contributed by atoms with Crippen molar-refractivity contribution in [3.8, 4) is 0 Å². The summed E-state index contributed by atoms with van der Waals surface area (Å²) in [5, 5.41) is 0. The topological polar surface area (TPSA) is 78.6 Å². The number of hydrogen-bond acceptors (Lipinski definition) is 6. The minimum Gasteiger partial charge on any atom is -0.468 e. The Labute approximate surface area is 87.3 Å². The van der Waals surface area contributed by atoms with Crippen molar-refractivity contribution in [1.82, 2.24) is 0 Å². The lowest BCUT2D eigenvalue weighted by molar-refractivity contribution is -0.144. The number of methoxy groups -OCH3 is 1. The van der Waals surface area contributed by atoms with Crippen LogP contribution in [-0.4, -0.2) is 43.2 Å². The van der Waals surface area contributed by atoms with Crippen molar-refractivity contribution in [3.63, 3.8) is 0 Å². The summed E-state index contributed by atoms with van der Waals surface area (Å²) in [7, 11) is 1.31. The molecule has 0 saturated heterocycles. The van der Waals surface area contributed by atoms with Crippen molar-refractivity contribution in [2.45, 2.75) is 13.0 Å². The second-order valence-corrected chi connectivity index (χ2v) is 3.48. The van der Waals surface area contributed by atoms with E-state index in [0.29, 0.717) is 12.4 Å². The lowest BCUT2D eigenvalue weighted by Crippen LogP contribution is -2.34. The van der Waals surface area contributed by atoms with Gasteiger partial charge >= 0.3 is 11.9 Å². The first kappa shape index (κ1) is 13.2. The van der Waals surface area contributed by atoms with E-state index >= 15 is 0 Å². The quantitative estimate of drug-likeness (QED) is 0.625. The number of esters is 2. The Morgan fingerprint density at radius 3 is 2.64 bits per heavy atom. The van der Waals surface area contributed by atoms with Crippen LogP contribution in [0.5, 0.6) is 0 Å². The SMILES string of the molecule is CCOC(=O)[C@@H](N)CSCC(=O)OC. The van der Waals surface area contributed by atoms with E-state index in [2.05, 4.69) is 4.74 Å². The van der Waals surface area contributed by atoms with E-state index in [0.717, 1.165) is 0 Å². The molecule has 0 amide bonds. The highest BCUT2D eigenvalue weighted by molar-refractivity contribution is 8.00. The maximum Gasteiger partial charge on any atom is 0.323 e. The smallest absolute Gasteiger partial charge is 0.323 e. The van der Waals surface area contributed by atoms with Crippen LogP contribution in [0.3, 0.4) is 0 Å². The van der Waals surface area contributed by atoms with E-state index in [1.54, 1.807) is 6.92 Å². The van der Waals surface area contributed by atoms with Crippen LogP contribution in [0.15, 0.2) is 0 Å². The van der Waals surface area contributed by atoms with Gasteiger partial charge in [-0.3, -0.25) is 9.59 Å². The maximum atomic E-state index is 11.0. The van der Waals surface area contributed by atoms with Gasteiger partial charge in [0.2, 0.25) is 0 Å². The molecule has 0 bridgehead atoms. The second kappa shape index (κ2) is 7.64. The minimum absolute atomic E-state index is 0.198. The van der Waals surface area contributed by atoms with Crippen LogP contribution in [0.2, 0.25) is 0 Å². The van der Waals surface area contributed by atoms with Gasteiger partial charge in [0.15, 0.2) is 0 Å². The molecule has 0 aliphatic heterocycles. The predicted octanol–water partition coefficient (Wildman–Crippen LogP) is -0.217. The third kappa shape index (κ3) is 5.82. The molecule has 82 valence electrons. The Morgan fingerprint density at radius 1 is 1.50 bits per heavy atom. The Hall–Kier alpha value is -0.750. The molecule has 5 nitrogen and oxygen atoms in total. The molecule has 2 N–H and O–H groups in total. The Morgan fingerprint density at radius 2 is 2.14 bits per heavy atom. The highest BCUT2D eigenvalue weighted by atomic mass is 32.2. The third-order valence-electron chi connectivity index (χ3n) is 1.33. The number of carbonyl (C=O) groups excluding carboxylic acids is 2. The summed E-state index contributed by atoms with van der Waals surface area (Å²) in [6.45, 7) is 2.03. The van der Waals surface area contributed by atoms with Gasteiger partial charge in [0.05, 0.1) is 19.5 Å². The largest absolute Gasteiger partial charge is 0.468 e. The molecule has 0 radical (unpaired) electrons. The van der Waals surface area contributed by atoms with Gasteiger partial charge < -0.3 is 15.2 Å². The highest BCUT2D eigenvalue weighted by Gasteiger charge is 2.14. The van der Waals surface area contributed by atoms with E-state index in [-0.39, 0.29) is 11.7 Å². The fourth-order valence-electron chi connectivity index (χ4n) is 0.645. The van der Waals surface area contributed by atoms with Crippen molar-refractivity contribution in [3.05, 3.63) is 0 Å². The molecule has 0 aromatic carbocycles. The van der Waals surface area contributed by atoms with Crippen LogP contribution in [0.25, 0.3) is 0 Å². The van der Waals surface area contributed by atoms with Gasteiger partial charge in [-0.15, -0.1) is 11.8 Å². The first-order chi connectivity index (χ1) is 6.61. The van der Waals surface area contributed by atoms with Gasteiger partial charge in [-0.25, -0.2) is 0 Å². The molecule has 0 aromatic rings. The number of ether oxygens (including phenoxy) is 2. The van der Waals surface area contributed by atoms with E-state index in [1.165, 1.54) is 18.9 Å². The number of nitrogens with two attached hydrogens (primary N) is 1. The normalized spacial score (nSPS) is 11.9. The molecule has 0 saturated carbocycles. The Bertz CT molecular complexity index is 198. The number of hydrogen-bond donors (Lipinski definition) is 1. The van der Waals surface area contributed by atoms with Crippen LogP contribution in [0, 0.1) is 0 Å². The molecule has 0 rings (SSSR count). The molecule has 0 aliphatic carbocycles. The van der Waals surface area contributed by atoms with E-state index in [4.69, 9.17) is 10.5 Å². The van der Waals surface area contributed by atoms with E-state index < -0.39 is 12.0 Å². The molecule has 0 unspecified atom stereocenters. The predicted molar refractivity (Wildman–Crippen MR) is 53.9 cm³/mol. The minimum atomic E-state index is -0.676. The lowest BCUT2D eigenvalue weighted by Gasteiger charge is -2.09. The monoisotopic (exact) mass is 221 g/mol. The van der Waals surface area contributed by atoms with Gasteiger partial charge in [-0.05, 0) is 6.92 Å². The summed E-state index contributed by atoms with van der Waals surface area (Å²) in [6.07, 6.45) is 0. The maximum absolute atomic E-state index is 11.0. The van der Waals surface area contributed by atoms with Crippen LogP contribution in [0.4, 0.5) is 0 Å². The molecule has 0 fully saturated rings. The zero-order valence-electron chi connectivity index (χ0n) is 8.32. The third-order valence-corrected chi connectivity index (χ3v) is 2.37. The molecular formula is C8H15NO4S. The van der Waals surface area contributed by atoms with Gasteiger partial charge in [-0.2, -0.15) is 0 Å². The summed E-state index contributed by atoms with van der Waals surface area (Å²) < 4.78 is 9.12. The second-order valence-electron chi connectivity index (χ2n) is 2.45. The van der Waals surface area contributed by atoms with Crippen molar-refractivity contribution >= 4 is 23.7 Å². The van der Waals surface area contributed by atoms with Crippen molar-refractivity contribution in [2.24, 2.45) is 5.73 Å². The van der Waals surface area contributed by atoms with Crippen molar-refractivity contribution < 1.29 is 19.1 Å². The van der Waals surface area contributed by atoms with Gasteiger partial charge in [0.1, 0.15) is 6.04 Å². The molecule has 0 aromatic heterocycles. The highest BCUT2D eigenvalue weighted by Crippen LogP contribution is 2.03. The molecule has 0 heterocycles. The number of rotatable bonds is 6. The molecule has 0 spiro atoms. The average Bonchev–Trinajstić information content (AvgIpc) is 2.17. The average molecular weight is 221 g/mol. The number of carbonyl (C=O) groups is 2. The first-order valence-electron chi connectivity index (χ1n) is 4.18. The van der Waals surface area contributed by atoms with Crippen LogP contribution >= 0.6 is 11.8 Å². The fraction of sp³-hybridized carbons (Fsp3) is 0.750. The van der Waals surface area contributed by atoms with Gasteiger partial charge in [-0.1, -0.05) is 0 Å². The molecular weight excluding hydrogens is 206 g/mol. The van der Waals surface area contributed by atoms with Crippen LogP contribution < -0.4 is 5.73 Å². The fourth-order valence-corrected chi connectivity index (χ4v) is 1.44. The summed E-state index contributed by atoms with van der Waals surface area (Å²) in [5.41, 5.74) is 5.48. The summed E-state index contributed by atoms with van der Waals surface area (Å²) in [4.78, 5) is 21.7. The van der Waals surface area contributed by atoms with Crippen molar-refractivity contribution in [2.75, 3.05) is 25.2 Å². The first-order valence-corrected chi connectivity index (χ1v) is 5.34. The summed E-state index contributed by atoms with van der Waals surface area (Å²) >= 11 is 1.25. The standard InChI is InChI=1S/C8H15NO4S/c1-3-13-8(11)6(9)4-14-5-7(10)12-2/h6H,3-5,9H2,1-2H3/t6-/m0/s1. The zero-order chi connectivity index (χ0) is 11.0.